The van der Waals surface area contributed by atoms with Gasteiger partial charge in [0.2, 0.25) is 0 Å². The van der Waals surface area contributed by atoms with Crippen LogP contribution >= 0.6 is 15.9 Å². The van der Waals surface area contributed by atoms with Crippen LogP contribution in [0.3, 0.4) is 0 Å². The van der Waals surface area contributed by atoms with Crippen molar-refractivity contribution in [3.05, 3.63) is 33.8 Å². The first-order chi connectivity index (χ1) is 9.75. The molecule has 0 spiro atoms. The van der Waals surface area contributed by atoms with Crippen molar-refractivity contribution in [2.75, 3.05) is 0 Å². The van der Waals surface area contributed by atoms with E-state index in [-0.39, 0.29) is 0 Å². The van der Waals surface area contributed by atoms with Crippen molar-refractivity contribution in [1.82, 2.24) is 5.32 Å². The van der Waals surface area contributed by atoms with Crippen molar-refractivity contribution in [3.8, 4) is 0 Å². The normalized spacial score (nSPS) is 25.2. The number of halogens is 1. The fraction of sp³-hybridized carbons (Fsp3) is 0.667. The molecule has 2 heteroatoms. The molecule has 2 aliphatic rings. The highest BCUT2D eigenvalue weighted by Gasteiger charge is 2.27. The highest BCUT2D eigenvalue weighted by atomic mass is 79.9. The molecule has 0 amide bonds. The summed E-state index contributed by atoms with van der Waals surface area (Å²) in [4.78, 5) is 0. The number of nitrogens with one attached hydrogen (secondary N) is 1. The van der Waals surface area contributed by atoms with Crippen molar-refractivity contribution in [3.63, 3.8) is 0 Å². The van der Waals surface area contributed by atoms with E-state index in [2.05, 4.69) is 46.4 Å². The van der Waals surface area contributed by atoms with Crippen LogP contribution in [0, 0.1) is 5.92 Å². The molecule has 0 aromatic heterocycles. The average molecular weight is 336 g/mol. The highest BCUT2D eigenvalue weighted by molar-refractivity contribution is 9.10. The minimum Gasteiger partial charge on any atom is -0.307 e. The van der Waals surface area contributed by atoms with Crippen LogP contribution in [0.2, 0.25) is 0 Å². The Morgan fingerprint density at radius 1 is 1.10 bits per heavy atom. The molecule has 0 heterocycles. The maximum atomic E-state index is 3.94. The smallest absolute Gasteiger partial charge is 0.0328 e. The second-order valence-electron chi connectivity index (χ2n) is 6.61. The first-order valence-corrected chi connectivity index (χ1v) is 9.08. The Kier molecular flexibility index (Phi) is 4.83. The molecular weight excluding hydrogens is 310 g/mol. The minimum absolute atomic E-state index is 0.570. The SMILES string of the molecule is C[C@H](NC1CCc2c(Br)cccc21)C1CCCCCC1. The molecule has 1 N–H and O–H groups in total. The maximum Gasteiger partial charge on any atom is 0.0328 e. The summed E-state index contributed by atoms with van der Waals surface area (Å²) in [5.41, 5.74) is 3.05. The van der Waals surface area contributed by atoms with Gasteiger partial charge < -0.3 is 5.32 Å². The van der Waals surface area contributed by atoms with E-state index in [4.69, 9.17) is 0 Å². The molecule has 0 radical (unpaired) electrons. The van der Waals surface area contributed by atoms with E-state index in [1.165, 1.54) is 67.0 Å². The van der Waals surface area contributed by atoms with Gasteiger partial charge in [-0.1, -0.05) is 53.7 Å². The monoisotopic (exact) mass is 335 g/mol. The van der Waals surface area contributed by atoms with Gasteiger partial charge in [-0.05, 0) is 55.7 Å². The summed E-state index contributed by atoms with van der Waals surface area (Å²) in [7, 11) is 0. The van der Waals surface area contributed by atoms with E-state index < -0.39 is 0 Å². The zero-order chi connectivity index (χ0) is 13.9. The van der Waals surface area contributed by atoms with Gasteiger partial charge in [-0.15, -0.1) is 0 Å². The molecule has 3 rings (SSSR count). The molecule has 1 aromatic carbocycles. The lowest BCUT2D eigenvalue weighted by Gasteiger charge is -2.27. The molecule has 1 nitrogen and oxygen atoms in total. The van der Waals surface area contributed by atoms with Crippen molar-refractivity contribution in [1.29, 1.82) is 0 Å². The van der Waals surface area contributed by atoms with Crippen LogP contribution in [-0.2, 0) is 6.42 Å². The lowest BCUT2D eigenvalue weighted by molar-refractivity contribution is 0.309. The zero-order valence-corrected chi connectivity index (χ0v) is 14.1. The second-order valence-corrected chi connectivity index (χ2v) is 7.46. The van der Waals surface area contributed by atoms with Crippen LogP contribution < -0.4 is 5.32 Å². The lowest BCUT2D eigenvalue weighted by atomic mass is 9.92. The number of hydrogen-bond donors (Lipinski definition) is 1. The molecule has 2 aliphatic carbocycles. The molecule has 1 unspecified atom stereocenters. The van der Waals surface area contributed by atoms with Crippen molar-refractivity contribution in [2.45, 2.75) is 70.4 Å². The van der Waals surface area contributed by atoms with Gasteiger partial charge in [0.05, 0.1) is 0 Å². The predicted octanol–water partition coefficient (Wildman–Crippen LogP) is 5.38. The molecule has 1 aromatic rings. The zero-order valence-electron chi connectivity index (χ0n) is 12.5. The van der Waals surface area contributed by atoms with Gasteiger partial charge in [-0.2, -0.15) is 0 Å². The number of hydrogen-bond acceptors (Lipinski definition) is 1. The molecule has 0 aliphatic heterocycles. The van der Waals surface area contributed by atoms with Gasteiger partial charge in [-0.25, -0.2) is 0 Å². The maximum absolute atomic E-state index is 3.94. The fourth-order valence-corrected chi connectivity index (χ4v) is 4.63. The van der Waals surface area contributed by atoms with E-state index in [9.17, 15) is 0 Å². The van der Waals surface area contributed by atoms with Crippen LogP contribution in [0.4, 0.5) is 0 Å². The van der Waals surface area contributed by atoms with E-state index in [0.717, 1.165) is 5.92 Å². The summed E-state index contributed by atoms with van der Waals surface area (Å²) in [6.07, 6.45) is 11.1. The van der Waals surface area contributed by atoms with Crippen LogP contribution in [0.25, 0.3) is 0 Å². The lowest BCUT2D eigenvalue weighted by Crippen LogP contribution is -2.35. The fourth-order valence-electron chi connectivity index (χ4n) is 4.05. The first-order valence-electron chi connectivity index (χ1n) is 8.29. The summed E-state index contributed by atoms with van der Waals surface area (Å²) in [5.74, 6) is 0.883. The molecule has 110 valence electrons. The van der Waals surface area contributed by atoms with Crippen LogP contribution in [0.5, 0.6) is 0 Å². The average Bonchev–Trinajstić information content (AvgIpc) is 2.69. The van der Waals surface area contributed by atoms with Crippen LogP contribution in [0.1, 0.15) is 69.0 Å². The van der Waals surface area contributed by atoms with Gasteiger partial charge in [-0.3, -0.25) is 0 Å². The Morgan fingerprint density at radius 3 is 2.60 bits per heavy atom. The summed E-state index contributed by atoms with van der Waals surface area (Å²) < 4.78 is 1.29. The van der Waals surface area contributed by atoms with Crippen molar-refractivity contribution < 1.29 is 0 Å². The quantitative estimate of drug-likeness (QED) is 0.730. The van der Waals surface area contributed by atoms with Crippen LogP contribution in [-0.4, -0.2) is 6.04 Å². The first kappa shape index (κ1) is 14.6. The molecule has 1 fully saturated rings. The third-order valence-corrected chi connectivity index (χ3v) is 6.03. The van der Waals surface area contributed by atoms with Gasteiger partial charge in [0.1, 0.15) is 0 Å². The molecule has 0 saturated heterocycles. The highest BCUT2D eigenvalue weighted by Crippen LogP contribution is 2.37. The molecule has 20 heavy (non-hydrogen) atoms. The van der Waals surface area contributed by atoms with E-state index in [0.29, 0.717) is 12.1 Å². The Labute approximate surface area is 131 Å². The van der Waals surface area contributed by atoms with Crippen molar-refractivity contribution in [2.24, 2.45) is 5.92 Å². The molecular formula is C18H26BrN. The number of rotatable bonds is 3. The Balaban J connectivity index is 1.66. The van der Waals surface area contributed by atoms with Gasteiger partial charge in [0.25, 0.3) is 0 Å². The summed E-state index contributed by atoms with van der Waals surface area (Å²) in [6, 6.07) is 7.89. The van der Waals surface area contributed by atoms with E-state index in [1.54, 1.807) is 0 Å². The molecule has 2 atom stereocenters. The van der Waals surface area contributed by atoms with Gasteiger partial charge >= 0.3 is 0 Å². The molecule has 0 bridgehead atoms. The minimum atomic E-state index is 0.570. The Morgan fingerprint density at radius 2 is 1.85 bits per heavy atom. The Hall–Kier alpha value is -0.340. The molecule has 1 saturated carbocycles. The van der Waals surface area contributed by atoms with Gasteiger partial charge in [0.15, 0.2) is 0 Å². The number of benzene rings is 1. The Bertz CT molecular complexity index is 449. The topological polar surface area (TPSA) is 12.0 Å². The second kappa shape index (κ2) is 6.62. The summed E-state index contributed by atoms with van der Waals surface area (Å²) in [6.45, 7) is 2.41. The van der Waals surface area contributed by atoms with E-state index >= 15 is 0 Å². The third kappa shape index (κ3) is 3.12. The predicted molar refractivity (Wildman–Crippen MR) is 89.0 cm³/mol. The van der Waals surface area contributed by atoms with Gasteiger partial charge in [0, 0.05) is 16.6 Å². The van der Waals surface area contributed by atoms with Crippen molar-refractivity contribution >= 4 is 15.9 Å². The largest absolute Gasteiger partial charge is 0.307 e. The van der Waals surface area contributed by atoms with Crippen LogP contribution in [0.15, 0.2) is 22.7 Å². The summed E-state index contributed by atoms with van der Waals surface area (Å²) in [5, 5.41) is 3.94. The van der Waals surface area contributed by atoms with E-state index in [1.807, 2.05) is 0 Å². The standard InChI is InChI=1S/C18H26BrN/c1-13(14-7-4-2-3-5-8-14)20-18-12-11-15-16(18)9-6-10-17(15)19/h6,9-10,13-14,18,20H,2-5,7-8,11-12H2,1H3/t13-,18?/m0/s1. The number of fused-ring (bicyclic) bond motifs is 1. The third-order valence-electron chi connectivity index (χ3n) is 5.28. The summed E-state index contributed by atoms with van der Waals surface area (Å²) >= 11 is 3.70.